The lowest BCUT2D eigenvalue weighted by molar-refractivity contribution is 0.555. The van der Waals surface area contributed by atoms with Gasteiger partial charge in [0.05, 0.1) is 0 Å². The Kier molecular flexibility index (Phi) is 5.10. The number of benzene rings is 1. The van der Waals surface area contributed by atoms with Crippen LogP contribution in [0.25, 0.3) is 0 Å². The molecule has 0 unspecified atom stereocenters. The average molecular weight is 328 g/mol. The number of rotatable bonds is 6. The second-order valence-corrected chi connectivity index (χ2v) is 7.74. The van der Waals surface area contributed by atoms with E-state index in [4.69, 9.17) is 0 Å². The predicted molar refractivity (Wildman–Crippen MR) is 82.2 cm³/mol. The third kappa shape index (κ3) is 4.10. The Bertz CT molecular complexity index is 726. The van der Waals surface area contributed by atoms with Gasteiger partial charge in [-0.2, -0.15) is 0 Å². The van der Waals surface area contributed by atoms with Crippen LogP contribution in [0.1, 0.15) is 15.3 Å². The zero-order chi connectivity index (χ0) is 15.5. The van der Waals surface area contributed by atoms with Crippen LogP contribution < -0.4 is 10.0 Å². The molecule has 0 atom stereocenters. The Balaban J connectivity index is 2.15. The Morgan fingerprint density at radius 3 is 2.52 bits per heavy atom. The quantitative estimate of drug-likeness (QED) is 0.856. The number of halogens is 1. The topological polar surface area (TPSA) is 58.2 Å². The molecule has 0 fully saturated rings. The molecule has 0 amide bonds. The fourth-order valence-electron chi connectivity index (χ4n) is 1.90. The first kappa shape index (κ1) is 16.1. The Hall–Kier alpha value is -1.28. The molecule has 2 rings (SSSR count). The van der Waals surface area contributed by atoms with Crippen LogP contribution in [0.5, 0.6) is 0 Å². The van der Waals surface area contributed by atoms with Gasteiger partial charge < -0.3 is 5.32 Å². The molecule has 21 heavy (non-hydrogen) atoms. The van der Waals surface area contributed by atoms with E-state index in [1.54, 1.807) is 13.1 Å². The summed E-state index contributed by atoms with van der Waals surface area (Å²) in [7, 11) is -2.11. The Morgan fingerprint density at radius 2 is 1.95 bits per heavy atom. The minimum atomic E-state index is -3.85. The van der Waals surface area contributed by atoms with Crippen LogP contribution in [-0.2, 0) is 23.1 Å². The third-order valence-electron chi connectivity index (χ3n) is 2.90. The average Bonchev–Trinajstić information content (AvgIpc) is 2.83. The molecular formula is C14H17FN2O2S2. The van der Waals surface area contributed by atoms with Crippen LogP contribution in [0.15, 0.2) is 35.2 Å². The fraction of sp³-hybridized carbons (Fsp3) is 0.286. The first-order valence-electron chi connectivity index (χ1n) is 6.40. The molecule has 0 bridgehead atoms. The molecule has 0 spiro atoms. The largest absolute Gasteiger partial charge is 0.316 e. The number of hydrogen-bond acceptors (Lipinski definition) is 4. The lowest BCUT2D eigenvalue weighted by Gasteiger charge is -2.08. The number of nitrogens with one attached hydrogen (secondary N) is 2. The van der Waals surface area contributed by atoms with Gasteiger partial charge in [-0.15, -0.1) is 11.3 Å². The second kappa shape index (κ2) is 6.65. The standard InChI is InChI=1S/C14H17FN2O2S2/c1-10-3-5-12(20-10)9-17-21(18,19)14-6-4-11(8-16-2)7-13(14)15/h3-7,16-17H,8-9H2,1-2H3. The van der Waals surface area contributed by atoms with Crippen LogP contribution in [0.4, 0.5) is 4.39 Å². The molecular weight excluding hydrogens is 311 g/mol. The van der Waals surface area contributed by atoms with Crippen LogP contribution in [0, 0.1) is 12.7 Å². The highest BCUT2D eigenvalue weighted by molar-refractivity contribution is 7.89. The van der Waals surface area contributed by atoms with E-state index in [0.717, 1.165) is 9.75 Å². The van der Waals surface area contributed by atoms with Gasteiger partial charge in [0.25, 0.3) is 0 Å². The van der Waals surface area contributed by atoms with E-state index in [1.165, 1.54) is 23.5 Å². The summed E-state index contributed by atoms with van der Waals surface area (Å²) in [6.45, 7) is 2.60. The third-order valence-corrected chi connectivity index (χ3v) is 5.33. The van der Waals surface area contributed by atoms with Gasteiger partial charge in [0.2, 0.25) is 10.0 Å². The van der Waals surface area contributed by atoms with Crippen LogP contribution in [-0.4, -0.2) is 15.5 Å². The molecule has 0 saturated heterocycles. The second-order valence-electron chi connectivity index (χ2n) is 4.63. The first-order valence-corrected chi connectivity index (χ1v) is 8.70. The zero-order valence-electron chi connectivity index (χ0n) is 11.8. The van der Waals surface area contributed by atoms with Gasteiger partial charge in [0.15, 0.2) is 0 Å². The van der Waals surface area contributed by atoms with Crippen LogP contribution in [0.3, 0.4) is 0 Å². The lowest BCUT2D eigenvalue weighted by atomic mass is 10.2. The SMILES string of the molecule is CNCc1ccc(S(=O)(=O)NCc2ccc(C)s2)c(F)c1. The number of aryl methyl sites for hydroxylation is 1. The molecule has 0 aliphatic heterocycles. The van der Waals surface area contributed by atoms with E-state index < -0.39 is 15.8 Å². The van der Waals surface area contributed by atoms with Crippen molar-refractivity contribution in [3.05, 3.63) is 51.5 Å². The molecule has 1 aromatic heterocycles. The van der Waals surface area contributed by atoms with Crippen molar-refractivity contribution in [2.45, 2.75) is 24.9 Å². The van der Waals surface area contributed by atoms with Crippen molar-refractivity contribution in [2.24, 2.45) is 0 Å². The smallest absolute Gasteiger partial charge is 0.243 e. The molecule has 2 N–H and O–H groups in total. The van der Waals surface area contributed by atoms with Gasteiger partial charge in [0, 0.05) is 22.8 Å². The maximum atomic E-state index is 14.0. The summed E-state index contributed by atoms with van der Waals surface area (Å²) < 4.78 is 40.7. The Morgan fingerprint density at radius 1 is 1.19 bits per heavy atom. The van der Waals surface area contributed by atoms with Crippen molar-refractivity contribution in [3.63, 3.8) is 0 Å². The van der Waals surface area contributed by atoms with Gasteiger partial charge in [-0.3, -0.25) is 0 Å². The summed E-state index contributed by atoms with van der Waals surface area (Å²) in [5, 5.41) is 2.89. The highest BCUT2D eigenvalue weighted by atomic mass is 32.2. The Labute approximate surface area is 128 Å². The minimum Gasteiger partial charge on any atom is -0.316 e. The van der Waals surface area contributed by atoms with E-state index in [2.05, 4.69) is 10.0 Å². The number of thiophene rings is 1. The van der Waals surface area contributed by atoms with Gasteiger partial charge in [0.1, 0.15) is 10.7 Å². The monoisotopic (exact) mass is 328 g/mol. The maximum Gasteiger partial charge on any atom is 0.243 e. The van der Waals surface area contributed by atoms with Crippen molar-refractivity contribution in [3.8, 4) is 0 Å². The molecule has 7 heteroatoms. The summed E-state index contributed by atoms with van der Waals surface area (Å²) >= 11 is 1.51. The molecule has 0 aliphatic rings. The van der Waals surface area contributed by atoms with Crippen molar-refractivity contribution in [2.75, 3.05) is 7.05 Å². The fourth-order valence-corrected chi connectivity index (χ4v) is 3.89. The summed E-state index contributed by atoms with van der Waals surface area (Å²) in [4.78, 5) is 1.67. The highest BCUT2D eigenvalue weighted by Crippen LogP contribution is 2.18. The zero-order valence-corrected chi connectivity index (χ0v) is 13.4. The number of sulfonamides is 1. The van der Waals surface area contributed by atoms with E-state index in [1.807, 2.05) is 19.1 Å². The molecule has 114 valence electrons. The van der Waals surface area contributed by atoms with Crippen molar-refractivity contribution in [1.82, 2.24) is 10.0 Å². The number of hydrogen-bond donors (Lipinski definition) is 2. The molecule has 4 nitrogen and oxygen atoms in total. The normalized spacial score (nSPS) is 11.8. The predicted octanol–water partition coefficient (Wildman–Crippen LogP) is 2.39. The van der Waals surface area contributed by atoms with E-state index >= 15 is 0 Å². The summed E-state index contributed by atoms with van der Waals surface area (Å²) in [6, 6.07) is 7.91. The lowest BCUT2D eigenvalue weighted by Crippen LogP contribution is -2.24. The van der Waals surface area contributed by atoms with Crippen molar-refractivity contribution >= 4 is 21.4 Å². The molecule has 1 aromatic carbocycles. The van der Waals surface area contributed by atoms with Gasteiger partial charge >= 0.3 is 0 Å². The molecule has 1 heterocycles. The molecule has 0 saturated carbocycles. The van der Waals surface area contributed by atoms with Crippen LogP contribution in [0.2, 0.25) is 0 Å². The molecule has 2 aromatic rings. The maximum absolute atomic E-state index is 14.0. The summed E-state index contributed by atoms with van der Waals surface area (Å²) in [5.41, 5.74) is 0.697. The van der Waals surface area contributed by atoms with Crippen molar-refractivity contribution in [1.29, 1.82) is 0 Å². The van der Waals surface area contributed by atoms with Crippen molar-refractivity contribution < 1.29 is 12.8 Å². The van der Waals surface area contributed by atoms with E-state index in [9.17, 15) is 12.8 Å². The van der Waals surface area contributed by atoms with E-state index in [0.29, 0.717) is 12.1 Å². The summed E-state index contributed by atoms with van der Waals surface area (Å²) in [6.07, 6.45) is 0. The van der Waals surface area contributed by atoms with Crippen LogP contribution >= 0.6 is 11.3 Å². The minimum absolute atomic E-state index is 0.165. The van der Waals surface area contributed by atoms with Gasteiger partial charge in [-0.1, -0.05) is 6.07 Å². The molecule has 0 radical (unpaired) electrons. The summed E-state index contributed by atoms with van der Waals surface area (Å²) in [5.74, 6) is -0.738. The van der Waals surface area contributed by atoms with E-state index in [-0.39, 0.29) is 11.4 Å². The van der Waals surface area contributed by atoms with Gasteiger partial charge in [-0.05, 0) is 43.8 Å². The highest BCUT2D eigenvalue weighted by Gasteiger charge is 2.19. The van der Waals surface area contributed by atoms with Gasteiger partial charge in [-0.25, -0.2) is 17.5 Å². The molecule has 0 aliphatic carbocycles. The first-order chi connectivity index (χ1) is 9.92.